The topological polar surface area (TPSA) is 58.2 Å². The van der Waals surface area contributed by atoms with E-state index in [9.17, 15) is 4.79 Å². The minimum atomic E-state index is -0.0306. The molecule has 0 aliphatic carbocycles. The van der Waals surface area contributed by atoms with Gasteiger partial charge in [0.1, 0.15) is 6.79 Å². The van der Waals surface area contributed by atoms with E-state index in [2.05, 4.69) is 24.5 Å². The van der Waals surface area contributed by atoms with Gasteiger partial charge in [0.15, 0.2) is 0 Å². The zero-order valence-corrected chi connectivity index (χ0v) is 9.27. The molecule has 0 atom stereocenters. The molecule has 0 aromatic carbocycles. The fourth-order valence-corrected chi connectivity index (χ4v) is 0.820. The first kappa shape index (κ1) is 15.4. The lowest BCUT2D eigenvalue weighted by molar-refractivity contribution is -0.0979. The summed E-state index contributed by atoms with van der Waals surface area (Å²) in [5.41, 5.74) is 0. The van der Waals surface area contributed by atoms with Gasteiger partial charge in [-0.2, -0.15) is 0 Å². The number of unbranched alkanes of at least 4 members (excludes halogenated alkanes) is 2. The number of urea groups is 1. The molecule has 14 heavy (non-hydrogen) atoms. The summed E-state index contributed by atoms with van der Waals surface area (Å²) in [5, 5.41) is 5.58. The van der Waals surface area contributed by atoms with E-state index in [0.29, 0.717) is 0 Å². The van der Waals surface area contributed by atoms with Gasteiger partial charge in [-0.25, -0.2) is 4.79 Å². The summed E-state index contributed by atoms with van der Waals surface area (Å²) in [6.45, 7) is 7.79. The van der Waals surface area contributed by atoms with E-state index in [-0.39, 0.29) is 6.03 Å². The van der Waals surface area contributed by atoms with E-state index < -0.39 is 0 Å². The Morgan fingerprint density at radius 1 is 1.00 bits per heavy atom. The number of hydrogen-bond donors (Lipinski definition) is 2. The molecule has 0 bridgehead atoms. The SMILES string of the molecule is C=O.CCCCNC(=O)NCCCC. The smallest absolute Gasteiger partial charge is 0.314 e. The van der Waals surface area contributed by atoms with Crippen LogP contribution in [0.15, 0.2) is 0 Å². The lowest BCUT2D eigenvalue weighted by atomic mass is 10.3. The highest BCUT2D eigenvalue weighted by atomic mass is 16.2. The summed E-state index contributed by atoms with van der Waals surface area (Å²) >= 11 is 0. The molecule has 0 heterocycles. The normalized spacial score (nSPS) is 8.43. The Bertz CT molecular complexity index is 117. The maximum atomic E-state index is 11.0. The zero-order chi connectivity index (χ0) is 11.2. The summed E-state index contributed by atoms with van der Waals surface area (Å²) in [6.07, 6.45) is 4.35. The van der Waals surface area contributed by atoms with Crippen LogP contribution in [0.1, 0.15) is 39.5 Å². The van der Waals surface area contributed by atoms with E-state index in [1.54, 1.807) is 0 Å². The van der Waals surface area contributed by atoms with Crippen LogP contribution >= 0.6 is 0 Å². The molecule has 84 valence electrons. The molecule has 0 aliphatic rings. The van der Waals surface area contributed by atoms with Crippen molar-refractivity contribution in [2.45, 2.75) is 39.5 Å². The molecule has 0 aromatic rings. The minimum absolute atomic E-state index is 0.0306. The van der Waals surface area contributed by atoms with Crippen molar-refractivity contribution < 1.29 is 9.59 Å². The number of carbonyl (C=O) groups excluding carboxylic acids is 2. The third-order valence-corrected chi connectivity index (χ3v) is 1.63. The first-order valence-electron chi connectivity index (χ1n) is 5.11. The van der Waals surface area contributed by atoms with Crippen molar-refractivity contribution >= 4 is 12.8 Å². The summed E-state index contributed by atoms with van der Waals surface area (Å²) in [7, 11) is 0. The Morgan fingerprint density at radius 2 is 1.36 bits per heavy atom. The van der Waals surface area contributed by atoms with Crippen LogP contribution in [-0.4, -0.2) is 25.9 Å². The van der Waals surface area contributed by atoms with E-state index in [0.717, 1.165) is 38.8 Å². The second kappa shape index (κ2) is 14.5. The maximum absolute atomic E-state index is 11.0. The molecule has 0 aromatic heterocycles. The summed E-state index contributed by atoms with van der Waals surface area (Å²) in [5.74, 6) is 0. The van der Waals surface area contributed by atoms with E-state index >= 15 is 0 Å². The van der Waals surface area contributed by atoms with Gasteiger partial charge in [0.05, 0.1) is 0 Å². The molecule has 0 fully saturated rings. The molecule has 4 heteroatoms. The van der Waals surface area contributed by atoms with Gasteiger partial charge < -0.3 is 15.4 Å². The average Bonchev–Trinajstić information content (AvgIpc) is 2.22. The molecule has 0 saturated heterocycles. The predicted octanol–water partition coefficient (Wildman–Crippen LogP) is 1.70. The lowest BCUT2D eigenvalue weighted by Gasteiger charge is -2.05. The number of carbonyl (C=O) groups is 2. The van der Waals surface area contributed by atoms with Crippen molar-refractivity contribution in [3.63, 3.8) is 0 Å². The predicted molar refractivity (Wildman–Crippen MR) is 58.3 cm³/mol. The van der Waals surface area contributed by atoms with Gasteiger partial charge in [-0.1, -0.05) is 26.7 Å². The second-order valence-electron chi connectivity index (χ2n) is 2.89. The Kier molecular flexibility index (Phi) is 15.9. The maximum Gasteiger partial charge on any atom is 0.314 e. The quantitative estimate of drug-likeness (QED) is 0.644. The molecule has 2 amide bonds. The number of hydrogen-bond acceptors (Lipinski definition) is 2. The highest BCUT2D eigenvalue weighted by Crippen LogP contribution is 1.84. The number of amides is 2. The van der Waals surface area contributed by atoms with Crippen LogP contribution < -0.4 is 10.6 Å². The first-order chi connectivity index (χ1) is 6.81. The van der Waals surface area contributed by atoms with Crippen LogP contribution in [-0.2, 0) is 4.79 Å². The van der Waals surface area contributed by atoms with Crippen molar-refractivity contribution in [3.05, 3.63) is 0 Å². The highest BCUT2D eigenvalue weighted by molar-refractivity contribution is 5.73. The number of nitrogens with one attached hydrogen (secondary N) is 2. The molecule has 0 aliphatic heterocycles. The molecule has 0 radical (unpaired) electrons. The Labute approximate surface area is 86.5 Å². The van der Waals surface area contributed by atoms with Crippen molar-refractivity contribution in [2.75, 3.05) is 13.1 Å². The van der Waals surface area contributed by atoms with E-state index in [4.69, 9.17) is 4.79 Å². The van der Waals surface area contributed by atoms with E-state index in [1.165, 1.54) is 0 Å². The monoisotopic (exact) mass is 202 g/mol. The Hall–Kier alpha value is -1.06. The Balaban J connectivity index is 0. The molecule has 0 saturated carbocycles. The third kappa shape index (κ3) is 13.5. The van der Waals surface area contributed by atoms with Gasteiger partial charge in [-0.05, 0) is 12.8 Å². The largest absolute Gasteiger partial charge is 0.338 e. The molecular weight excluding hydrogens is 180 g/mol. The summed E-state index contributed by atoms with van der Waals surface area (Å²) in [4.78, 5) is 19.0. The molecule has 2 N–H and O–H groups in total. The van der Waals surface area contributed by atoms with Crippen molar-refractivity contribution in [2.24, 2.45) is 0 Å². The lowest BCUT2D eigenvalue weighted by Crippen LogP contribution is -2.36. The van der Waals surface area contributed by atoms with E-state index in [1.807, 2.05) is 6.79 Å². The Morgan fingerprint density at radius 3 is 1.64 bits per heavy atom. The second-order valence-corrected chi connectivity index (χ2v) is 2.89. The summed E-state index contributed by atoms with van der Waals surface area (Å²) in [6, 6.07) is -0.0306. The standard InChI is InChI=1S/C9H20N2O.CH2O/c1-3-5-7-10-9(12)11-8-6-4-2;1-2/h3-8H2,1-2H3,(H2,10,11,12);1H2. The van der Waals surface area contributed by atoms with Crippen LogP contribution in [0.25, 0.3) is 0 Å². The third-order valence-electron chi connectivity index (χ3n) is 1.63. The van der Waals surface area contributed by atoms with Crippen LogP contribution in [0.4, 0.5) is 4.79 Å². The fraction of sp³-hybridized carbons (Fsp3) is 0.800. The van der Waals surface area contributed by atoms with Crippen LogP contribution in [0.5, 0.6) is 0 Å². The van der Waals surface area contributed by atoms with Gasteiger partial charge >= 0.3 is 6.03 Å². The first-order valence-corrected chi connectivity index (χ1v) is 5.11. The van der Waals surface area contributed by atoms with Crippen molar-refractivity contribution in [1.82, 2.24) is 10.6 Å². The van der Waals surface area contributed by atoms with Crippen LogP contribution in [0.2, 0.25) is 0 Å². The molecule has 4 nitrogen and oxygen atoms in total. The molecule has 0 unspecified atom stereocenters. The summed E-state index contributed by atoms with van der Waals surface area (Å²) < 4.78 is 0. The molecule has 0 rings (SSSR count). The van der Waals surface area contributed by atoms with Gasteiger partial charge in [-0.3, -0.25) is 0 Å². The van der Waals surface area contributed by atoms with Crippen LogP contribution in [0.3, 0.4) is 0 Å². The van der Waals surface area contributed by atoms with Crippen LogP contribution in [0, 0.1) is 0 Å². The van der Waals surface area contributed by atoms with Gasteiger partial charge in [-0.15, -0.1) is 0 Å². The minimum Gasteiger partial charge on any atom is -0.338 e. The van der Waals surface area contributed by atoms with Crippen molar-refractivity contribution in [1.29, 1.82) is 0 Å². The molecule has 0 spiro atoms. The molecular formula is C10H22N2O2. The fourth-order valence-electron chi connectivity index (χ4n) is 0.820. The van der Waals surface area contributed by atoms with Gasteiger partial charge in [0, 0.05) is 13.1 Å². The average molecular weight is 202 g/mol. The van der Waals surface area contributed by atoms with Gasteiger partial charge in [0.25, 0.3) is 0 Å². The van der Waals surface area contributed by atoms with Crippen molar-refractivity contribution in [3.8, 4) is 0 Å². The van der Waals surface area contributed by atoms with Gasteiger partial charge in [0.2, 0.25) is 0 Å². The number of rotatable bonds is 6. The zero-order valence-electron chi connectivity index (χ0n) is 9.27. The highest BCUT2D eigenvalue weighted by Gasteiger charge is 1.95.